The number of ether oxygens (including phenoxy) is 1. The highest BCUT2D eigenvalue weighted by Crippen LogP contribution is 2.32. The molecule has 0 saturated carbocycles. The monoisotopic (exact) mass is 495 g/mol. The van der Waals surface area contributed by atoms with Crippen LogP contribution in [0.3, 0.4) is 0 Å². The molecule has 0 aliphatic carbocycles. The zero-order valence-electron chi connectivity index (χ0n) is 18.1. The standard InChI is InChI=1S/C23H16F3N7OS/c1-14-5-4-7-18(29-14)21-16(15-9-10-20-27-13-28-32(20)11-15)12-33(31-21)22(35)30-17-6-2-3-8-19(17)34-23(24,25)26/h2-13H,1H3,(H,30,35). The van der Waals surface area contributed by atoms with Crippen molar-refractivity contribution in [2.75, 3.05) is 5.32 Å². The third kappa shape index (κ3) is 4.82. The van der Waals surface area contributed by atoms with Crippen LogP contribution in [0.15, 0.2) is 73.3 Å². The Balaban J connectivity index is 1.55. The Bertz CT molecular complexity index is 1540. The Morgan fingerprint density at radius 3 is 2.66 bits per heavy atom. The highest BCUT2D eigenvalue weighted by Gasteiger charge is 2.32. The van der Waals surface area contributed by atoms with Crippen LogP contribution in [0, 0.1) is 6.92 Å². The van der Waals surface area contributed by atoms with Gasteiger partial charge >= 0.3 is 6.36 Å². The van der Waals surface area contributed by atoms with Crippen LogP contribution in [0.2, 0.25) is 0 Å². The Hall–Kier alpha value is -4.32. The Morgan fingerprint density at radius 2 is 1.86 bits per heavy atom. The molecular weight excluding hydrogens is 479 g/mol. The van der Waals surface area contributed by atoms with Gasteiger partial charge in [0.05, 0.1) is 11.4 Å². The zero-order chi connectivity index (χ0) is 24.6. The molecule has 1 aromatic carbocycles. The summed E-state index contributed by atoms with van der Waals surface area (Å²) in [7, 11) is 0. The van der Waals surface area contributed by atoms with Crippen LogP contribution in [0.25, 0.3) is 28.2 Å². The van der Waals surface area contributed by atoms with Gasteiger partial charge in [-0.05, 0) is 55.5 Å². The van der Waals surface area contributed by atoms with Gasteiger partial charge < -0.3 is 10.1 Å². The van der Waals surface area contributed by atoms with E-state index in [1.165, 1.54) is 29.2 Å². The number of hydrogen-bond donors (Lipinski definition) is 1. The number of halogens is 3. The summed E-state index contributed by atoms with van der Waals surface area (Å²) in [5.74, 6) is -0.410. The number of pyridine rings is 2. The molecule has 4 heterocycles. The summed E-state index contributed by atoms with van der Waals surface area (Å²) in [5.41, 5.74) is 4.15. The molecule has 12 heteroatoms. The molecule has 1 N–H and O–H groups in total. The third-order valence-electron chi connectivity index (χ3n) is 4.99. The van der Waals surface area contributed by atoms with E-state index < -0.39 is 12.1 Å². The van der Waals surface area contributed by atoms with E-state index in [-0.39, 0.29) is 10.8 Å². The summed E-state index contributed by atoms with van der Waals surface area (Å²) in [4.78, 5) is 8.73. The van der Waals surface area contributed by atoms with E-state index in [0.717, 1.165) is 11.3 Å². The van der Waals surface area contributed by atoms with Crippen molar-refractivity contribution in [3.8, 4) is 28.3 Å². The maximum atomic E-state index is 12.8. The molecule has 0 aliphatic rings. The molecule has 0 saturated heterocycles. The first-order chi connectivity index (χ1) is 16.8. The Labute approximate surface area is 202 Å². The van der Waals surface area contributed by atoms with E-state index in [2.05, 4.69) is 30.2 Å². The Kier molecular flexibility index (Phi) is 5.65. The molecular formula is C23H16F3N7OS. The molecule has 0 aliphatic heterocycles. The minimum atomic E-state index is -4.84. The minimum Gasteiger partial charge on any atom is -0.404 e. The van der Waals surface area contributed by atoms with E-state index in [0.29, 0.717) is 22.6 Å². The number of nitrogens with zero attached hydrogens (tertiary/aromatic N) is 6. The number of para-hydroxylation sites is 2. The second-order valence-corrected chi connectivity index (χ2v) is 7.84. The normalized spacial score (nSPS) is 11.5. The van der Waals surface area contributed by atoms with E-state index in [1.807, 2.05) is 37.3 Å². The van der Waals surface area contributed by atoms with E-state index in [9.17, 15) is 13.2 Å². The zero-order valence-corrected chi connectivity index (χ0v) is 18.9. The fraction of sp³-hybridized carbons (Fsp3) is 0.0870. The second kappa shape index (κ2) is 8.80. The van der Waals surface area contributed by atoms with Crippen molar-refractivity contribution < 1.29 is 17.9 Å². The summed E-state index contributed by atoms with van der Waals surface area (Å²) in [6.45, 7) is 1.87. The van der Waals surface area contributed by atoms with Crippen molar-refractivity contribution >= 4 is 28.7 Å². The molecule has 0 radical (unpaired) electrons. The van der Waals surface area contributed by atoms with E-state index in [4.69, 9.17) is 12.2 Å². The van der Waals surface area contributed by atoms with Crippen LogP contribution in [-0.2, 0) is 0 Å². The van der Waals surface area contributed by atoms with Gasteiger partial charge in [-0.15, -0.1) is 13.2 Å². The van der Waals surface area contributed by atoms with Crippen LogP contribution < -0.4 is 10.1 Å². The quantitative estimate of drug-likeness (QED) is 0.347. The topological polar surface area (TPSA) is 82.2 Å². The van der Waals surface area contributed by atoms with Gasteiger partial charge in [0.1, 0.15) is 12.0 Å². The molecule has 0 fully saturated rings. The average molecular weight is 495 g/mol. The second-order valence-electron chi connectivity index (χ2n) is 7.45. The van der Waals surface area contributed by atoms with Gasteiger partial charge in [-0.1, -0.05) is 18.2 Å². The molecule has 176 valence electrons. The number of hydrogen-bond acceptors (Lipinski definition) is 6. The largest absolute Gasteiger partial charge is 0.573 e. The van der Waals surface area contributed by atoms with Gasteiger partial charge in [0, 0.05) is 29.2 Å². The smallest absolute Gasteiger partial charge is 0.404 e. The fourth-order valence-electron chi connectivity index (χ4n) is 3.49. The summed E-state index contributed by atoms with van der Waals surface area (Å²) in [6.07, 6.45) is 0.0826. The van der Waals surface area contributed by atoms with Crippen molar-refractivity contribution in [3.05, 3.63) is 79.0 Å². The van der Waals surface area contributed by atoms with Crippen LogP contribution >= 0.6 is 12.2 Å². The van der Waals surface area contributed by atoms with Crippen LogP contribution in [-0.4, -0.2) is 40.8 Å². The number of aryl methyl sites for hydroxylation is 1. The summed E-state index contributed by atoms with van der Waals surface area (Å²) < 4.78 is 45.6. The van der Waals surface area contributed by atoms with Crippen LogP contribution in [0.1, 0.15) is 5.69 Å². The van der Waals surface area contributed by atoms with Crippen LogP contribution in [0.5, 0.6) is 5.75 Å². The summed E-state index contributed by atoms with van der Waals surface area (Å²) in [5, 5.41) is 11.6. The maximum Gasteiger partial charge on any atom is 0.573 e. The number of fused-ring (bicyclic) bond motifs is 1. The lowest BCUT2D eigenvalue weighted by Gasteiger charge is -2.14. The number of aromatic nitrogens is 6. The first-order valence-corrected chi connectivity index (χ1v) is 10.7. The van der Waals surface area contributed by atoms with Gasteiger partial charge in [-0.3, -0.25) is 4.98 Å². The number of alkyl halides is 3. The fourth-order valence-corrected chi connectivity index (χ4v) is 3.69. The molecule has 5 rings (SSSR count). The lowest BCUT2D eigenvalue weighted by atomic mass is 10.1. The molecule has 0 spiro atoms. The maximum absolute atomic E-state index is 12.8. The predicted molar refractivity (Wildman–Crippen MR) is 127 cm³/mol. The van der Waals surface area contributed by atoms with Gasteiger partial charge in [0.15, 0.2) is 16.5 Å². The van der Waals surface area contributed by atoms with Gasteiger partial charge in [-0.25, -0.2) is 14.2 Å². The van der Waals surface area contributed by atoms with Crippen molar-refractivity contribution in [1.82, 2.24) is 29.4 Å². The molecule has 5 aromatic rings. The first kappa shape index (κ1) is 22.5. The number of anilines is 1. The molecule has 0 atom stereocenters. The molecule has 8 nitrogen and oxygen atoms in total. The lowest BCUT2D eigenvalue weighted by Crippen LogP contribution is -2.22. The first-order valence-electron chi connectivity index (χ1n) is 10.3. The molecule has 4 aromatic heterocycles. The molecule has 0 amide bonds. The van der Waals surface area contributed by atoms with Crippen molar-refractivity contribution in [2.24, 2.45) is 0 Å². The average Bonchev–Trinajstić information content (AvgIpc) is 3.46. The van der Waals surface area contributed by atoms with Gasteiger partial charge in [0.2, 0.25) is 0 Å². The predicted octanol–water partition coefficient (Wildman–Crippen LogP) is 5.11. The van der Waals surface area contributed by atoms with Gasteiger partial charge in [0.25, 0.3) is 0 Å². The highest BCUT2D eigenvalue weighted by atomic mass is 32.1. The minimum absolute atomic E-state index is 0.0465. The summed E-state index contributed by atoms with van der Waals surface area (Å²) >= 11 is 5.47. The number of nitrogens with one attached hydrogen (secondary N) is 1. The SMILES string of the molecule is Cc1cccc(-c2nn(C(=S)Nc3ccccc3OC(F)(F)F)cc2-c2ccc3ncnn3c2)n1. The lowest BCUT2D eigenvalue weighted by molar-refractivity contribution is -0.274. The Morgan fingerprint density at radius 1 is 1.03 bits per heavy atom. The summed E-state index contributed by atoms with van der Waals surface area (Å²) in [6, 6.07) is 14.9. The molecule has 0 bridgehead atoms. The van der Waals surface area contributed by atoms with Crippen molar-refractivity contribution in [1.29, 1.82) is 0 Å². The van der Waals surface area contributed by atoms with E-state index in [1.54, 1.807) is 23.0 Å². The third-order valence-corrected chi connectivity index (χ3v) is 5.28. The van der Waals surface area contributed by atoms with Crippen molar-refractivity contribution in [2.45, 2.75) is 13.3 Å². The van der Waals surface area contributed by atoms with Crippen molar-refractivity contribution in [3.63, 3.8) is 0 Å². The van der Waals surface area contributed by atoms with Gasteiger partial charge in [-0.2, -0.15) is 10.2 Å². The number of thiocarbonyl (C=S) groups is 1. The highest BCUT2D eigenvalue weighted by molar-refractivity contribution is 7.80. The van der Waals surface area contributed by atoms with E-state index >= 15 is 0 Å². The number of rotatable bonds is 4. The van der Waals surface area contributed by atoms with Crippen LogP contribution in [0.4, 0.5) is 18.9 Å². The number of benzene rings is 1. The molecule has 0 unspecified atom stereocenters. The molecule has 35 heavy (non-hydrogen) atoms.